The maximum atomic E-state index is 9.66. The molecule has 3 nitrogen and oxygen atoms in total. The third-order valence-electron chi connectivity index (χ3n) is 3.51. The van der Waals surface area contributed by atoms with Gasteiger partial charge in [-0.15, -0.1) is 0 Å². The first-order valence-electron chi connectivity index (χ1n) is 6.09. The van der Waals surface area contributed by atoms with Crippen LogP contribution in [0, 0.1) is 3.57 Å². The molecule has 0 aromatic heterocycles. The zero-order valence-corrected chi connectivity index (χ0v) is 12.0. The van der Waals surface area contributed by atoms with E-state index < -0.39 is 0 Å². The summed E-state index contributed by atoms with van der Waals surface area (Å²) in [5, 5.41) is 13.2. The van der Waals surface area contributed by atoms with Gasteiger partial charge in [-0.1, -0.05) is 19.3 Å². The SMILES string of the molecule is Nc1ccc(NC2(CO)CCCCC2)c(I)c1. The van der Waals surface area contributed by atoms with E-state index in [9.17, 15) is 5.11 Å². The van der Waals surface area contributed by atoms with Crippen LogP contribution in [0.3, 0.4) is 0 Å². The van der Waals surface area contributed by atoms with Crippen molar-refractivity contribution in [2.24, 2.45) is 0 Å². The number of aliphatic hydroxyl groups excluding tert-OH is 1. The molecule has 0 radical (unpaired) electrons. The number of benzene rings is 1. The largest absolute Gasteiger partial charge is 0.399 e. The van der Waals surface area contributed by atoms with E-state index >= 15 is 0 Å². The molecule has 0 saturated heterocycles. The van der Waals surface area contributed by atoms with Crippen molar-refractivity contribution in [1.82, 2.24) is 0 Å². The highest BCUT2D eigenvalue weighted by Gasteiger charge is 2.31. The van der Waals surface area contributed by atoms with Crippen molar-refractivity contribution < 1.29 is 5.11 Å². The number of nitrogens with two attached hydrogens (primary N) is 1. The van der Waals surface area contributed by atoms with Gasteiger partial charge in [0.05, 0.1) is 12.1 Å². The summed E-state index contributed by atoms with van der Waals surface area (Å²) in [7, 11) is 0. The quantitative estimate of drug-likeness (QED) is 0.583. The van der Waals surface area contributed by atoms with Crippen LogP contribution in [-0.2, 0) is 0 Å². The van der Waals surface area contributed by atoms with Crippen molar-refractivity contribution in [3.05, 3.63) is 21.8 Å². The van der Waals surface area contributed by atoms with E-state index in [1.165, 1.54) is 19.3 Å². The minimum absolute atomic E-state index is 0.131. The number of halogens is 1. The normalized spacial score (nSPS) is 18.9. The van der Waals surface area contributed by atoms with Crippen molar-refractivity contribution in [1.29, 1.82) is 0 Å². The molecule has 0 spiro atoms. The third-order valence-corrected chi connectivity index (χ3v) is 4.40. The lowest BCUT2D eigenvalue weighted by molar-refractivity contribution is 0.173. The number of hydrogen-bond acceptors (Lipinski definition) is 3. The Morgan fingerprint density at radius 2 is 2.00 bits per heavy atom. The Morgan fingerprint density at radius 3 is 2.59 bits per heavy atom. The minimum atomic E-state index is -0.131. The molecule has 0 bridgehead atoms. The van der Waals surface area contributed by atoms with Crippen LogP contribution in [0.25, 0.3) is 0 Å². The molecule has 0 amide bonds. The molecule has 1 aliphatic rings. The first-order valence-corrected chi connectivity index (χ1v) is 7.17. The lowest BCUT2D eigenvalue weighted by Gasteiger charge is -2.37. The van der Waals surface area contributed by atoms with Gasteiger partial charge in [-0.05, 0) is 53.6 Å². The molecule has 4 N–H and O–H groups in total. The Hall–Kier alpha value is -0.490. The molecule has 2 rings (SSSR count). The highest BCUT2D eigenvalue weighted by molar-refractivity contribution is 14.1. The third kappa shape index (κ3) is 3.04. The second-order valence-electron chi connectivity index (χ2n) is 4.86. The van der Waals surface area contributed by atoms with Crippen LogP contribution in [0.2, 0.25) is 0 Å². The molecule has 1 aromatic rings. The fraction of sp³-hybridized carbons (Fsp3) is 0.538. The van der Waals surface area contributed by atoms with E-state index in [1.807, 2.05) is 18.2 Å². The molecule has 1 aliphatic carbocycles. The van der Waals surface area contributed by atoms with E-state index in [1.54, 1.807) is 0 Å². The number of anilines is 2. The van der Waals surface area contributed by atoms with Gasteiger partial charge in [-0.25, -0.2) is 0 Å². The summed E-state index contributed by atoms with van der Waals surface area (Å²) in [6.45, 7) is 0.202. The molecule has 1 fully saturated rings. The predicted molar refractivity (Wildman–Crippen MR) is 80.1 cm³/mol. The van der Waals surface area contributed by atoms with Crippen molar-refractivity contribution >= 4 is 34.0 Å². The maximum Gasteiger partial charge on any atom is 0.0661 e. The molecular weight excluding hydrogens is 327 g/mol. The molecule has 0 unspecified atom stereocenters. The zero-order chi connectivity index (χ0) is 12.3. The van der Waals surface area contributed by atoms with Crippen molar-refractivity contribution in [3.63, 3.8) is 0 Å². The van der Waals surface area contributed by atoms with Gasteiger partial charge < -0.3 is 16.2 Å². The number of aliphatic hydroxyl groups is 1. The fourth-order valence-corrected chi connectivity index (χ4v) is 3.14. The van der Waals surface area contributed by atoms with Gasteiger partial charge in [0.2, 0.25) is 0 Å². The number of nitrogen functional groups attached to an aromatic ring is 1. The first kappa shape index (κ1) is 13.0. The Balaban J connectivity index is 2.17. The highest BCUT2D eigenvalue weighted by atomic mass is 127. The molecule has 0 aliphatic heterocycles. The summed E-state index contributed by atoms with van der Waals surface area (Å²) < 4.78 is 1.11. The molecule has 4 heteroatoms. The topological polar surface area (TPSA) is 58.3 Å². The summed E-state index contributed by atoms with van der Waals surface area (Å²) in [4.78, 5) is 0. The standard InChI is InChI=1S/C13H19IN2O/c14-11-8-10(15)4-5-12(11)16-13(9-17)6-2-1-3-7-13/h4-5,8,16-17H,1-3,6-7,9,15H2. The molecule has 1 saturated carbocycles. The summed E-state index contributed by atoms with van der Waals surface area (Å²) >= 11 is 2.28. The predicted octanol–water partition coefficient (Wildman–Crippen LogP) is 2.98. The van der Waals surface area contributed by atoms with E-state index in [4.69, 9.17) is 5.73 Å². The average Bonchev–Trinajstić information content (AvgIpc) is 2.34. The number of hydrogen-bond donors (Lipinski definition) is 3. The average molecular weight is 346 g/mol. The van der Waals surface area contributed by atoms with Gasteiger partial charge in [0.15, 0.2) is 0 Å². The molecule has 1 aromatic carbocycles. The van der Waals surface area contributed by atoms with E-state index in [2.05, 4.69) is 27.9 Å². The zero-order valence-electron chi connectivity index (χ0n) is 9.88. The summed E-state index contributed by atoms with van der Waals surface area (Å²) in [6.07, 6.45) is 5.76. The van der Waals surface area contributed by atoms with Gasteiger partial charge >= 0.3 is 0 Å². The van der Waals surface area contributed by atoms with Crippen LogP contribution < -0.4 is 11.1 Å². The summed E-state index contributed by atoms with van der Waals surface area (Å²) in [5.41, 5.74) is 7.47. The van der Waals surface area contributed by atoms with Gasteiger partial charge in [-0.3, -0.25) is 0 Å². The van der Waals surface area contributed by atoms with Crippen LogP contribution in [-0.4, -0.2) is 17.3 Å². The molecular formula is C13H19IN2O. The number of rotatable bonds is 3. The van der Waals surface area contributed by atoms with Gasteiger partial charge in [0, 0.05) is 14.9 Å². The van der Waals surface area contributed by atoms with Gasteiger partial charge in [0.25, 0.3) is 0 Å². The Kier molecular flexibility index (Phi) is 4.14. The summed E-state index contributed by atoms with van der Waals surface area (Å²) in [5.74, 6) is 0. The van der Waals surface area contributed by atoms with Crippen molar-refractivity contribution in [2.45, 2.75) is 37.6 Å². The second-order valence-corrected chi connectivity index (χ2v) is 6.03. The fourth-order valence-electron chi connectivity index (χ4n) is 2.47. The minimum Gasteiger partial charge on any atom is -0.399 e. The maximum absolute atomic E-state index is 9.66. The van der Waals surface area contributed by atoms with Crippen LogP contribution in [0.5, 0.6) is 0 Å². The van der Waals surface area contributed by atoms with E-state index in [-0.39, 0.29) is 12.1 Å². The lowest BCUT2D eigenvalue weighted by atomic mass is 9.82. The molecule has 0 atom stereocenters. The van der Waals surface area contributed by atoms with Gasteiger partial charge in [-0.2, -0.15) is 0 Å². The van der Waals surface area contributed by atoms with Crippen LogP contribution in [0.15, 0.2) is 18.2 Å². The Labute approximate surface area is 116 Å². The molecule has 0 heterocycles. The van der Waals surface area contributed by atoms with Gasteiger partial charge in [0.1, 0.15) is 0 Å². The van der Waals surface area contributed by atoms with E-state index in [0.29, 0.717) is 0 Å². The van der Waals surface area contributed by atoms with Crippen molar-refractivity contribution in [3.8, 4) is 0 Å². The van der Waals surface area contributed by atoms with Crippen LogP contribution in [0.4, 0.5) is 11.4 Å². The number of nitrogens with one attached hydrogen (secondary N) is 1. The Bertz CT molecular complexity index is 389. The highest BCUT2D eigenvalue weighted by Crippen LogP contribution is 2.33. The lowest BCUT2D eigenvalue weighted by Crippen LogP contribution is -2.44. The summed E-state index contributed by atoms with van der Waals surface area (Å²) in [6, 6.07) is 5.86. The van der Waals surface area contributed by atoms with Crippen LogP contribution in [0.1, 0.15) is 32.1 Å². The van der Waals surface area contributed by atoms with Crippen LogP contribution >= 0.6 is 22.6 Å². The first-order chi connectivity index (χ1) is 8.15. The monoisotopic (exact) mass is 346 g/mol. The van der Waals surface area contributed by atoms with E-state index in [0.717, 1.165) is 27.8 Å². The molecule has 17 heavy (non-hydrogen) atoms. The Morgan fingerprint density at radius 1 is 1.29 bits per heavy atom. The second kappa shape index (κ2) is 5.44. The molecule has 94 valence electrons. The smallest absolute Gasteiger partial charge is 0.0661 e. The van der Waals surface area contributed by atoms with Crippen molar-refractivity contribution in [2.75, 3.05) is 17.7 Å².